The monoisotopic (exact) mass is 487 g/mol. The lowest BCUT2D eigenvalue weighted by molar-refractivity contribution is -0.117. The van der Waals surface area contributed by atoms with Gasteiger partial charge in [0.05, 0.1) is 11.7 Å². The van der Waals surface area contributed by atoms with Gasteiger partial charge in [-0.15, -0.1) is 0 Å². The highest BCUT2D eigenvalue weighted by Gasteiger charge is 2.51. The van der Waals surface area contributed by atoms with Crippen LogP contribution >= 0.6 is 0 Å². The molecule has 0 radical (unpaired) electrons. The summed E-state index contributed by atoms with van der Waals surface area (Å²) in [5.41, 5.74) is 1.52. The number of amides is 2. The summed E-state index contributed by atoms with van der Waals surface area (Å²) in [6, 6.07) is 0.211. The molecular weight excluding hydrogens is 442 g/mol. The maximum Gasteiger partial charge on any atom is 0.409 e. The van der Waals surface area contributed by atoms with E-state index in [1.54, 1.807) is 27.1 Å². The number of carbonyl (C=O) groups is 2. The summed E-state index contributed by atoms with van der Waals surface area (Å²) < 4.78 is 11.5. The topological polar surface area (TPSA) is 89.8 Å². The van der Waals surface area contributed by atoms with Crippen molar-refractivity contribution in [3.05, 3.63) is 36.0 Å². The van der Waals surface area contributed by atoms with E-state index >= 15 is 0 Å². The zero-order chi connectivity index (χ0) is 25.6. The molecule has 1 saturated carbocycles. The van der Waals surface area contributed by atoms with Crippen LogP contribution in [0.5, 0.6) is 0 Å². The number of rotatable bonds is 8. The van der Waals surface area contributed by atoms with Gasteiger partial charge in [-0.3, -0.25) is 4.79 Å². The second-order valence-corrected chi connectivity index (χ2v) is 11.5. The van der Waals surface area contributed by atoms with Gasteiger partial charge in [0.1, 0.15) is 6.10 Å². The fourth-order valence-corrected chi connectivity index (χ4v) is 5.27. The van der Waals surface area contributed by atoms with Crippen LogP contribution in [0.25, 0.3) is 0 Å². The lowest BCUT2D eigenvalue weighted by Crippen LogP contribution is -2.44. The van der Waals surface area contributed by atoms with Crippen molar-refractivity contribution in [1.82, 2.24) is 15.5 Å². The van der Waals surface area contributed by atoms with Gasteiger partial charge in [-0.2, -0.15) is 0 Å². The van der Waals surface area contributed by atoms with Gasteiger partial charge in [-0.1, -0.05) is 23.8 Å². The molecule has 0 aromatic rings. The Kier molecular flexibility index (Phi) is 9.22. The first-order chi connectivity index (χ1) is 16.5. The fourth-order valence-electron chi connectivity index (χ4n) is 5.27. The third-order valence-corrected chi connectivity index (χ3v) is 7.21. The van der Waals surface area contributed by atoms with Gasteiger partial charge in [0.15, 0.2) is 0 Å². The second kappa shape index (κ2) is 11.7. The Bertz CT molecular complexity index is 827. The molecule has 2 heterocycles. The van der Waals surface area contributed by atoms with Crippen molar-refractivity contribution in [2.24, 2.45) is 5.92 Å². The molecule has 3 rings (SSSR count). The highest BCUT2D eigenvalue weighted by Crippen LogP contribution is 2.41. The molecule has 35 heavy (non-hydrogen) atoms. The van der Waals surface area contributed by atoms with Crippen LogP contribution in [0.1, 0.15) is 72.6 Å². The van der Waals surface area contributed by atoms with E-state index < -0.39 is 12.2 Å². The summed E-state index contributed by atoms with van der Waals surface area (Å²) in [6.07, 6.45) is 16.6. The van der Waals surface area contributed by atoms with E-state index in [4.69, 9.17) is 9.47 Å². The van der Waals surface area contributed by atoms with E-state index in [-0.39, 0.29) is 23.7 Å². The molecule has 2 N–H and O–H groups in total. The average Bonchev–Trinajstić information content (AvgIpc) is 3.51. The van der Waals surface area contributed by atoms with Crippen molar-refractivity contribution in [3.63, 3.8) is 0 Å². The Hall–Kier alpha value is -2.12. The molecular formula is C28H45N3O4. The van der Waals surface area contributed by atoms with Crippen LogP contribution in [0.3, 0.4) is 0 Å². The molecule has 1 aliphatic carbocycles. The first kappa shape index (κ1) is 27.5. The number of carbonyl (C=O) groups excluding carboxylic acids is 2. The first-order valence-electron chi connectivity index (χ1n) is 13.1. The average molecular weight is 488 g/mol. The number of hydrogen-bond donors (Lipinski definition) is 2. The lowest BCUT2D eigenvalue weighted by atomic mass is 9.83. The summed E-state index contributed by atoms with van der Waals surface area (Å²) in [4.78, 5) is 25.2. The Morgan fingerprint density at radius 3 is 2.51 bits per heavy atom. The lowest BCUT2D eigenvalue weighted by Gasteiger charge is -2.39. The van der Waals surface area contributed by atoms with Crippen LogP contribution in [0.15, 0.2) is 36.0 Å². The maximum absolute atomic E-state index is 12.2. The van der Waals surface area contributed by atoms with Gasteiger partial charge in [0.2, 0.25) is 5.91 Å². The number of nitrogens with zero attached hydrogens (tertiary/aromatic N) is 1. The maximum atomic E-state index is 12.2. The van der Waals surface area contributed by atoms with E-state index in [1.165, 1.54) is 16.5 Å². The summed E-state index contributed by atoms with van der Waals surface area (Å²) in [6.45, 7) is 9.41. The molecule has 2 saturated heterocycles. The fraction of sp³-hybridized carbons (Fsp3) is 0.714. The molecule has 7 heteroatoms. The molecule has 7 nitrogen and oxygen atoms in total. The molecule has 196 valence electrons. The SMILES string of the molecule is CC(/C=C/[C@@H]1C[C@]2(CN2)CC(C)(C)O1)=C\CC1CCC(NC(=O)/C=C\[C@H](C)OC(=O)N(C)C)CC1. The van der Waals surface area contributed by atoms with Crippen LogP contribution < -0.4 is 10.6 Å². The van der Waals surface area contributed by atoms with Gasteiger partial charge in [-0.05, 0) is 84.6 Å². The van der Waals surface area contributed by atoms with Crippen molar-refractivity contribution in [2.75, 3.05) is 20.6 Å². The Morgan fingerprint density at radius 2 is 1.89 bits per heavy atom. The third kappa shape index (κ3) is 9.12. The summed E-state index contributed by atoms with van der Waals surface area (Å²) in [5, 5.41) is 6.64. The second-order valence-electron chi connectivity index (χ2n) is 11.5. The highest BCUT2D eigenvalue weighted by molar-refractivity contribution is 5.87. The van der Waals surface area contributed by atoms with Crippen molar-refractivity contribution in [3.8, 4) is 0 Å². The minimum absolute atomic E-state index is 0.0740. The molecule has 2 amide bonds. The van der Waals surface area contributed by atoms with Gasteiger partial charge in [-0.25, -0.2) is 4.79 Å². The summed E-state index contributed by atoms with van der Waals surface area (Å²) in [5.74, 6) is 0.537. The van der Waals surface area contributed by atoms with Crippen molar-refractivity contribution >= 4 is 12.0 Å². The standard InChI is InChI=1S/C28H45N3O4/c1-20(8-15-24-17-28(19-29-28)18-27(3,4)35-24)7-10-22-11-13-23(14-12-22)30-25(32)16-9-21(2)34-26(33)31(5)6/h7-9,15-16,21-24,29H,10-14,17-19H2,1-6H3,(H,30,32)/b15-8+,16-9-,20-7+/t21-,22?,23?,24+,28+/m0/s1. The molecule has 3 atom stereocenters. The normalized spacial score (nSPS) is 31.5. The number of nitrogens with one attached hydrogen (secondary N) is 2. The van der Waals surface area contributed by atoms with Crippen LogP contribution in [0.4, 0.5) is 4.79 Å². The zero-order valence-electron chi connectivity index (χ0n) is 22.4. The highest BCUT2D eigenvalue weighted by atomic mass is 16.6. The van der Waals surface area contributed by atoms with Crippen molar-refractivity contribution < 1.29 is 19.1 Å². The molecule has 3 fully saturated rings. The zero-order valence-corrected chi connectivity index (χ0v) is 22.4. The molecule has 0 aromatic carbocycles. The molecule has 0 unspecified atom stereocenters. The Balaban J connectivity index is 1.35. The van der Waals surface area contributed by atoms with Crippen LogP contribution in [-0.4, -0.2) is 66.9 Å². The summed E-state index contributed by atoms with van der Waals surface area (Å²) >= 11 is 0. The number of ether oxygens (including phenoxy) is 2. The van der Waals surface area contributed by atoms with E-state index in [0.29, 0.717) is 11.5 Å². The smallest absolute Gasteiger partial charge is 0.409 e. The van der Waals surface area contributed by atoms with Crippen LogP contribution in [-0.2, 0) is 14.3 Å². The van der Waals surface area contributed by atoms with Gasteiger partial charge in [0, 0.05) is 38.3 Å². The van der Waals surface area contributed by atoms with Gasteiger partial charge >= 0.3 is 6.09 Å². The van der Waals surface area contributed by atoms with Gasteiger partial charge in [0.25, 0.3) is 0 Å². The van der Waals surface area contributed by atoms with E-state index in [0.717, 1.165) is 51.5 Å². The first-order valence-corrected chi connectivity index (χ1v) is 13.1. The molecule has 2 aliphatic heterocycles. The molecule has 0 bridgehead atoms. The minimum Gasteiger partial charge on any atom is -0.442 e. The predicted molar refractivity (Wildman–Crippen MR) is 139 cm³/mol. The van der Waals surface area contributed by atoms with Crippen molar-refractivity contribution in [1.29, 1.82) is 0 Å². The van der Waals surface area contributed by atoms with E-state index in [9.17, 15) is 9.59 Å². The van der Waals surface area contributed by atoms with E-state index in [1.807, 2.05) is 0 Å². The van der Waals surface area contributed by atoms with Gasteiger partial charge < -0.3 is 25.0 Å². The van der Waals surface area contributed by atoms with Crippen LogP contribution in [0.2, 0.25) is 0 Å². The van der Waals surface area contributed by atoms with E-state index in [2.05, 4.69) is 49.6 Å². The van der Waals surface area contributed by atoms with Crippen molar-refractivity contribution in [2.45, 2.75) is 102 Å². The quantitative estimate of drug-likeness (QED) is 0.299. The minimum atomic E-state index is -0.446. The molecule has 1 spiro atoms. The summed E-state index contributed by atoms with van der Waals surface area (Å²) in [7, 11) is 3.26. The van der Waals surface area contributed by atoms with Crippen LogP contribution in [0, 0.1) is 5.92 Å². The third-order valence-electron chi connectivity index (χ3n) is 7.21. The largest absolute Gasteiger partial charge is 0.442 e. The molecule has 3 aliphatic rings. The predicted octanol–water partition coefficient (Wildman–Crippen LogP) is 4.50. The Labute approximate surface area is 211 Å². The molecule has 0 aromatic heterocycles. The number of hydrogen-bond acceptors (Lipinski definition) is 5. The Morgan fingerprint density at radius 1 is 1.20 bits per heavy atom. The number of allylic oxidation sites excluding steroid dienone is 3.